The second-order valence-electron chi connectivity index (χ2n) is 8.97. The summed E-state index contributed by atoms with van der Waals surface area (Å²) in [7, 11) is 0. The van der Waals surface area contributed by atoms with Crippen molar-refractivity contribution in [2.24, 2.45) is 0 Å². The molecule has 0 radical (unpaired) electrons. The zero-order valence-corrected chi connectivity index (χ0v) is 19.0. The number of furan rings is 1. The minimum absolute atomic E-state index is 0.0654. The Morgan fingerprint density at radius 3 is 2.74 bits per heavy atom. The fraction of sp³-hybridized carbons (Fsp3) is 0.462. The maximum absolute atomic E-state index is 14.1. The van der Waals surface area contributed by atoms with Gasteiger partial charge in [-0.05, 0) is 43.4 Å². The number of rotatable bonds is 7. The minimum Gasteiger partial charge on any atom is -0.467 e. The van der Waals surface area contributed by atoms with Crippen molar-refractivity contribution in [2.75, 3.05) is 5.75 Å². The van der Waals surface area contributed by atoms with Gasteiger partial charge < -0.3 is 4.42 Å². The molecule has 4 nitrogen and oxygen atoms in total. The van der Waals surface area contributed by atoms with Crippen LogP contribution in [0.15, 0.2) is 57.0 Å². The van der Waals surface area contributed by atoms with Gasteiger partial charge in [0.2, 0.25) is 0 Å². The van der Waals surface area contributed by atoms with Crippen LogP contribution in [-0.4, -0.2) is 15.3 Å². The first-order valence-corrected chi connectivity index (χ1v) is 12.6. The molecule has 0 N–H and O–H groups in total. The van der Waals surface area contributed by atoms with E-state index in [2.05, 4.69) is 31.2 Å². The Hall–Kier alpha value is -2.27. The molecule has 1 aromatic carbocycles. The predicted molar refractivity (Wildman–Crippen MR) is 126 cm³/mol. The lowest BCUT2D eigenvalue weighted by molar-refractivity contribution is 0.411. The number of aromatic nitrogens is 2. The Kier molecular flexibility index (Phi) is 5.79. The number of thioether (sulfide) groups is 1. The van der Waals surface area contributed by atoms with E-state index in [4.69, 9.17) is 9.40 Å². The highest BCUT2D eigenvalue weighted by Gasteiger charge is 2.44. The first kappa shape index (κ1) is 20.6. The molecule has 2 aliphatic carbocycles. The molecule has 0 aliphatic heterocycles. The number of hydrogen-bond donors (Lipinski definition) is 0. The Balaban J connectivity index is 1.67. The fourth-order valence-electron chi connectivity index (χ4n) is 5.37. The Labute approximate surface area is 188 Å². The number of fused-ring (bicyclic) bond motifs is 4. The normalized spacial score (nSPS) is 16.4. The van der Waals surface area contributed by atoms with E-state index in [1.165, 1.54) is 31.2 Å². The molecule has 3 aromatic rings. The Morgan fingerprint density at radius 1 is 1.13 bits per heavy atom. The summed E-state index contributed by atoms with van der Waals surface area (Å²) in [5.74, 6) is 1.78. The van der Waals surface area contributed by atoms with Crippen LogP contribution in [0.4, 0.5) is 0 Å². The van der Waals surface area contributed by atoms with Crippen LogP contribution in [0.2, 0.25) is 0 Å². The number of benzene rings is 1. The van der Waals surface area contributed by atoms with Crippen LogP contribution >= 0.6 is 11.8 Å². The van der Waals surface area contributed by atoms with Gasteiger partial charge in [-0.25, -0.2) is 4.98 Å². The molecule has 0 saturated heterocycles. The van der Waals surface area contributed by atoms with Crippen molar-refractivity contribution in [1.82, 2.24) is 9.55 Å². The highest BCUT2D eigenvalue weighted by Crippen LogP contribution is 2.50. The van der Waals surface area contributed by atoms with Gasteiger partial charge in [0.1, 0.15) is 5.76 Å². The lowest BCUT2D eigenvalue weighted by Crippen LogP contribution is -2.40. The van der Waals surface area contributed by atoms with Crippen molar-refractivity contribution in [3.63, 3.8) is 0 Å². The fourth-order valence-corrected chi connectivity index (χ4v) is 6.36. The second kappa shape index (κ2) is 8.70. The number of hydrogen-bond acceptors (Lipinski definition) is 4. The van der Waals surface area contributed by atoms with E-state index in [-0.39, 0.29) is 11.0 Å². The first-order chi connectivity index (χ1) is 15.2. The van der Waals surface area contributed by atoms with Crippen LogP contribution in [0.25, 0.3) is 11.3 Å². The van der Waals surface area contributed by atoms with Crippen LogP contribution in [0.3, 0.4) is 0 Å². The molecule has 0 atom stereocenters. The summed E-state index contributed by atoms with van der Waals surface area (Å²) in [6.45, 7) is 2.66. The third kappa shape index (κ3) is 3.78. The van der Waals surface area contributed by atoms with Crippen molar-refractivity contribution < 1.29 is 4.42 Å². The summed E-state index contributed by atoms with van der Waals surface area (Å²) in [4.78, 5) is 19.3. The SMILES string of the molecule is CCCCCSc1nc2c(c(=O)n1Cc1ccco1)C1(CCCC1)Cc1ccccc1-2. The van der Waals surface area contributed by atoms with Crippen molar-refractivity contribution in [1.29, 1.82) is 0 Å². The minimum atomic E-state index is -0.0654. The summed E-state index contributed by atoms with van der Waals surface area (Å²) < 4.78 is 7.49. The van der Waals surface area contributed by atoms with Gasteiger partial charge in [-0.1, -0.05) is 68.6 Å². The van der Waals surface area contributed by atoms with Crippen LogP contribution in [0.1, 0.15) is 68.8 Å². The van der Waals surface area contributed by atoms with E-state index in [0.29, 0.717) is 6.54 Å². The Bertz CT molecular complexity index is 1110. The predicted octanol–water partition coefficient (Wildman–Crippen LogP) is 6.20. The maximum atomic E-state index is 14.1. The molecule has 5 heteroatoms. The molecule has 5 rings (SSSR count). The molecule has 0 unspecified atom stereocenters. The molecule has 2 aliphatic rings. The number of unbranched alkanes of at least 4 members (excludes halogenated alkanes) is 2. The van der Waals surface area contributed by atoms with E-state index in [9.17, 15) is 4.79 Å². The molecule has 0 amide bonds. The Morgan fingerprint density at radius 2 is 1.97 bits per heavy atom. The summed E-state index contributed by atoms with van der Waals surface area (Å²) >= 11 is 1.71. The molecular formula is C26H30N2O2S. The van der Waals surface area contributed by atoms with Crippen LogP contribution in [0.5, 0.6) is 0 Å². The monoisotopic (exact) mass is 434 g/mol. The quantitative estimate of drug-likeness (QED) is 0.252. The molecule has 1 saturated carbocycles. The molecule has 1 fully saturated rings. The average molecular weight is 435 g/mol. The third-order valence-corrected chi connectivity index (χ3v) is 7.96. The summed E-state index contributed by atoms with van der Waals surface area (Å²) in [6.07, 6.45) is 10.7. The molecular weight excluding hydrogens is 404 g/mol. The molecule has 0 bridgehead atoms. The van der Waals surface area contributed by atoms with E-state index in [0.717, 1.165) is 59.2 Å². The smallest absolute Gasteiger partial charge is 0.258 e. The molecule has 2 heterocycles. The van der Waals surface area contributed by atoms with Gasteiger partial charge in [0, 0.05) is 16.7 Å². The standard InChI is InChI=1S/C26H30N2O2S/c1-2-3-8-16-31-25-27-23-21-12-5-4-10-19(21)17-26(13-6-7-14-26)22(23)24(29)28(25)18-20-11-9-15-30-20/h4-5,9-12,15H,2-3,6-8,13-14,16-18H2,1H3. The van der Waals surface area contributed by atoms with Gasteiger partial charge in [0.25, 0.3) is 5.56 Å². The van der Waals surface area contributed by atoms with Gasteiger partial charge in [0.15, 0.2) is 5.16 Å². The van der Waals surface area contributed by atoms with Crippen LogP contribution in [0, 0.1) is 0 Å². The van der Waals surface area contributed by atoms with Gasteiger partial charge in [-0.3, -0.25) is 9.36 Å². The average Bonchev–Trinajstić information content (AvgIpc) is 3.46. The highest BCUT2D eigenvalue weighted by atomic mass is 32.2. The van der Waals surface area contributed by atoms with Crippen molar-refractivity contribution in [3.05, 3.63) is 69.9 Å². The van der Waals surface area contributed by atoms with E-state index >= 15 is 0 Å². The lowest BCUT2D eigenvalue weighted by atomic mass is 9.68. The van der Waals surface area contributed by atoms with Gasteiger partial charge in [0.05, 0.1) is 24.1 Å². The molecule has 31 heavy (non-hydrogen) atoms. The number of nitrogens with zero attached hydrogens (tertiary/aromatic N) is 2. The molecule has 2 aromatic heterocycles. The first-order valence-electron chi connectivity index (χ1n) is 11.6. The van der Waals surface area contributed by atoms with E-state index in [1.54, 1.807) is 18.0 Å². The van der Waals surface area contributed by atoms with E-state index in [1.807, 2.05) is 16.7 Å². The summed E-state index contributed by atoms with van der Waals surface area (Å²) in [6, 6.07) is 12.4. The van der Waals surface area contributed by atoms with Crippen molar-refractivity contribution in [3.8, 4) is 11.3 Å². The van der Waals surface area contributed by atoms with Crippen LogP contribution < -0.4 is 5.56 Å². The summed E-state index contributed by atoms with van der Waals surface area (Å²) in [5.41, 5.74) is 4.44. The van der Waals surface area contributed by atoms with E-state index < -0.39 is 0 Å². The lowest BCUT2D eigenvalue weighted by Gasteiger charge is -2.36. The molecule has 162 valence electrons. The summed E-state index contributed by atoms with van der Waals surface area (Å²) in [5, 5.41) is 0.820. The third-order valence-electron chi connectivity index (χ3n) is 6.90. The van der Waals surface area contributed by atoms with Crippen molar-refractivity contribution >= 4 is 11.8 Å². The van der Waals surface area contributed by atoms with Gasteiger partial charge in [-0.2, -0.15) is 0 Å². The van der Waals surface area contributed by atoms with Gasteiger partial charge in [-0.15, -0.1) is 0 Å². The maximum Gasteiger partial charge on any atom is 0.258 e. The van der Waals surface area contributed by atoms with Crippen molar-refractivity contribution in [2.45, 2.75) is 75.4 Å². The zero-order valence-electron chi connectivity index (χ0n) is 18.2. The topological polar surface area (TPSA) is 48.0 Å². The van der Waals surface area contributed by atoms with Crippen LogP contribution in [-0.2, 0) is 18.4 Å². The highest BCUT2D eigenvalue weighted by molar-refractivity contribution is 7.99. The molecule has 1 spiro atoms. The largest absolute Gasteiger partial charge is 0.467 e. The zero-order chi connectivity index (χ0) is 21.3. The van der Waals surface area contributed by atoms with Gasteiger partial charge >= 0.3 is 0 Å². The second-order valence-corrected chi connectivity index (χ2v) is 10.0.